The molecule has 1 atom stereocenters. The van der Waals surface area contributed by atoms with Crippen LogP contribution in [-0.4, -0.2) is 17.7 Å². The Morgan fingerprint density at radius 2 is 1.35 bits per heavy atom. The van der Waals surface area contributed by atoms with Crippen molar-refractivity contribution in [3.63, 3.8) is 0 Å². The van der Waals surface area contributed by atoms with Gasteiger partial charge >= 0.3 is 6.18 Å². The average Bonchev–Trinajstić information content (AvgIpc) is 3.09. The zero-order chi connectivity index (χ0) is 35.0. The predicted octanol–water partition coefficient (Wildman–Crippen LogP) is 9.89. The van der Waals surface area contributed by atoms with E-state index >= 15 is 0 Å². The standard InChI is InChI=1S/C37H26Cl2F3N3O3S/c38-29-14-8-7-13-25(29)21-32(45-34(46)24-11-5-2-6-12-24)35(47)43-27-16-18-28(19-17-27)49-33(23-9-3-1-4-10-23)36(48)44-31-22-26(37(40,41)42)15-20-30(31)39/h1-22,33H,(H,43,47)(H,44,48)(H,45,46)/b32-21-. The van der Waals surface area contributed by atoms with E-state index in [1.54, 1.807) is 109 Å². The minimum Gasteiger partial charge on any atom is -0.323 e. The molecule has 0 saturated carbocycles. The number of nitrogens with one attached hydrogen (secondary N) is 3. The van der Waals surface area contributed by atoms with Crippen LogP contribution < -0.4 is 16.0 Å². The molecule has 0 heterocycles. The summed E-state index contributed by atoms with van der Waals surface area (Å²) >= 11 is 13.6. The lowest BCUT2D eigenvalue weighted by Crippen LogP contribution is -2.30. The number of thioether (sulfide) groups is 1. The van der Waals surface area contributed by atoms with Gasteiger partial charge in [0, 0.05) is 21.2 Å². The number of hydrogen-bond donors (Lipinski definition) is 3. The molecular weight excluding hydrogens is 694 g/mol. The second-order valence-electron chi connectivity index (χ2n) is 10.5. The van der Waals surface area contributed by atoms with Gasteiger partial charge in [-0.1, -0.05) is 89.9 Å². The molecule has 0 saturated heterocycles. The maximum absolute atomic E-state index is 13.5. The van der Waals surface area contributed by atoms with Crippen LogP contribution in [0.5, 0.6) is 0 Å². The highest BCUT2D eigenvalue weighted by Gasteiger charge is 2.32. The molecule has 3 amide bonds. The van der Waals surface area contributed by atoms with Crippen molar-refractivity contribution in [1.29, 1.82) is 0 Å². The first-order valence-corrected chi connectivity index (χ1v) is 16.2. The number of halogens is 5. The van der Waals surface area contributed by atoms with Crippen LogP contribution in [0.1, 0.15) is 32.3 Å². The second kappa shape index (κ2) is 15.9. The van der Waals surface area contributed by atoms with Gasteiger partial charge in [0.15, 0.2) is 0 Å². The molecule has 0 bridgehead atoms. The summed E-state index contributed by atoms with van der Waals surface area (Å²) in [7, 11) is 0. The summed E-state index contributed by atoms with van der Waals surface area (Å²) in [5.41, 5.74) is 0.716. The summed E-state index contributed by atoms with van der Waals surface area (Å²) < 4.78 is 40.0. The third-order valence-corrected chi connectivity index (χ3v) is 8.93. The van der Waals surface area contributed by atoms with E-state index < -0.39 is 34.7 Å². The lowest BCUT2D eigenvalue weighted by Gasteiger charge is -2.19. The van der Waals surface area contributed by atoms with Crippen LogP contribution in [-0.2, 0) is 15.8 Å². The molecule has 49 heavy (non-hydrogen) atoms. The topological polar surface area (TPSA) is 87.3 Å². The van der Waals surface area contributed by atoms with E-state index in [-0.39, 0.29) is 16.4 Å². The molecule has 0 spiro atoms. The van der Waals surface area contributed by atoms with Crippen LogP contribution in [0.25, 0.3) is 6.08 Å². The van der Waals surface area contributed by atoms with E-state index in [1.807, 2.05) is 0 Å². The van der Waals surface area contributed by atoms with Crippen molar-refractivity contribution in [2.45, 2.75) is 16.3 Å². The van der Waals surface area contributed by atoms with Crippen LogP contribution in [0.15, 0.2) is 138 Å². The van der Waals surface area contributed by atoms with Crippen molar-refractivity contribution in [2.24, 2.45) is 0 Å². The normalized spacial score (nSPS) is 12.1. The first kappa shape index (κ1) is 35.3. The minimum absolute atomic E-state index is 0.0406. The highest BCUT2D eigenvalue weighted by Crippen LogP contribution is 2.39. The molecule has 0 aliphatic rings. The van der Waals surface area contributed by atoms with Gasteiger partial charge in [-0.05, 0) is 77.9 Å². The van der Waals surface area contributed by atoms with Crippen molar-refractivity contribution in [3.05, 3.63) is 165 Å². The number of rotatable bonds is 10. The maximum atomic E-state index is 13.5. The van der Waals surface area contributed by atoms with Gasteiger partial charge in [-0.3, -0.25) is 14.4 Å². The highest BCUT2D eigenvalue weighted by atomic mass is 35.5. The van der Waals surface area contributed by atoms with Gasteiger partial charge in [0.2, 0.25) is 5.91 Å². The first-order chi connectivity index (χ1) is 23.5. The second-order valence-corrected chi connectivity index (χ2v) is 12.5. The Labute approximate surface area is 294 Å². The third-order valence-electron chi connectivity index (χ3n) is 6.99. The summed E-state index contributed by atoms with van der Waals surface area (Å²) in [6, 6.07) is 33.3. The van der Waals surface area contributed by atoms with Crippen molar-refractivity contribution in [1.82, 2.24) is 5.32 Å². The average molecular weight is 721 g/mol. The zero-order valence-corrected chi connectivity index (χ0v) is 27.6. The van der Waals surface area contributed by atoms with Crippen LogP contribution in [0.2, 0.25) is 10.0 Å². The van der Waals surface area contributed by atoms with Crippen LogP contribution in [0.3, 0.4) is 0 Å². The number of carbonyl (C=O) groups excluding carboxylic acids is 3. The smallest absolute Gasteiger partial charge is 0.323 e. The van der Waals surface area contributed by atoms with Crippen molar-refractivity contribution in [2.75, 3.05) is 10.6 Å². The lowest BCUT2D eigenvalue weighted by molar-refractivity contribution is -0.137. The molecule has 5 rings (SSSR count). The number of benzene rings is 5. The van der Waals surface area contributed by atoms with Crippen LogP contribution in [0, 0.1) is 0 Å². The van der Waals surface area contributed by atoms with Gasteiger partial charge in [0.1, 0.15) is 10.9 Å². The summed E-state index contributed by atoms with van der Waals surface area (Å²) in [5, 5.41) is 7.45. The largest absolute Gasteiger partial charge is 0.416 e. The fourth-order valence-corrected chi connectivity index (χ4v) is 5.92. The Balaban J connectivity index is 1.34. The van der Waals surface area contributed by atoms with E-state index in [2.05, 4.69) is 16.0 Å². The van der Waals surface area contributed by atoms with Gasteiger partial charge in [-0.15, -0.1) is 11.8 Å². The molecule has 3 N–H and O–H groups in total. The lowest BCUT2D eigenvalue weighted by atomic mass is 10.1. The van der Waals surface area contributed by atoms with E-state index in [0.29, 0.717) is 32.3 Å². The highest BCUT2D eigenvalue weighted by molar-refractivity contribution is 8.00. The number of carbonyl (C=O) groups is 3. The number of amides is 3. The maximum Gasteiger partial charge on any atom is 0.416 e. The fourth-order valence-electron chi connectivity index (χ4n) is 4.54. The Hall–Kier alpha value is -5.03. The van der Waals surface area contributed by atoms with Gasteiger partial charge < -0.3 is 16.0 Å². The fraction of sp³-hybridized carbons (Fsp3) is 0.0541. The molecule has 0 aliphatic carbocycles. The number of alkyl halides is 3. The molecule has 12 heteroatoms. The van der Waals surface area contributed by atoms with Gasteiger partial charge in [-0.25, -0.2) is 0 Å². The van der Waals surface area contributed by atoms with E-state index in [4.69, 9.17) is 23.2 Å². The Kier molecular flexibility index (Phi) is 11.5. The Morgan fingerprint density at radius 1 is 0.714 bits per heavy atom. The van der Waals surface area contributed by atoms with Gasteiger partial charge in [0.25, 0.3) is 11.8 Å². The zero-order valence-electron chi connectivity index (χ0n) is 25.3. The molecule has 1 unspecified atom stereocenters. The molecular formula is C37H26Cl2F3N3O3S. The molecule has 0 fully saturated rings. The predicted molar refractivity (Wildman–Crippen MR) is 189 cm³/mol. The Morgan fingerprint density at radius 3 is 2.00 bits per heavy atom. The first-order valence-electron chi connectivity index (χ1n) is 14.6. The van der Waals surface area contributed by atoms with Crippen molar-refractivity contribution in [3.8, 4) is 0 Å². The molecule has 0 aliphatic heterocycles. The van der Waals surface area contributed by atoms with E-state index in [0.717, 1.165) is 30.0 Å². The summed E-state index contributed by atoms with van der Waals surface area (Å²) in [4.78, 5) is 40.5. The van der Waals surface area contributed by atoms with Gasteiger partial charge in [-0.2, -0.15) is 13.2 Å². The Bertz CT molecular complexity index is 1990. The van der Waals surface area contributed by atoms with Gasteiger partial charge in [0.05, 0.1) is 16.3 Å². The molecule has 5 aromatic rings. The SMILES string of the molecule is O=C(Nc1ccc(SC(C(=O)Nc2cc(C(F)(F)F)ccc2Cl)c2ccccc2)cc1)/C(=C/c1ccccc1Cl)NC(=O)c1ccccc1. The van der Waals surface area contributed by atoms with Crippen LogP contribution in [0.4, 0.5) is 24.5 Å². The summed E-state index contributed by atoms with van der Waals surface area (Å²) in [5.74, 6) is -1.68. The number of hydrogen-bond acceptors (Lipinski definition) is 4. The van der Waals surface area contributed by atoms with Crippen LogP contribution >= 0.6 is 35.0 Å². The summed E-state index contributed by atoms with van der Waals surface area (Å²) in [6.45, 7) is 0. The minimum atomic E-state index is -4.62. The van der Waals surface area contributed by atoms with Crippen molar-refractivity contribution >= 4 is 70.1 Å². The quantitative estimate of drug-likeness (QED) is 0.0991. The monoisotopic (exact) mass is 719 g/mol. The molecule has 0 radical (unpaired) electrons. The molecule has 0 aromatic heterocycles. The van der Waals surface area contributed by atoms with E-state index in [9.17, 15) is 27.6 Å². The molecule has 6 nitrogen and oxygen atoms in total. The molecule has 248 valence electrons. The molecule has 5 aromatic carbocycles. The van der Waals surface area contributed by atoms with E-state index in [1.165, 1.54) is 6.08 Å². The third kappa shape index (κ3) is 9.54. The number of anilines is 2. The summed E-state index contributed by atoms with van der Waals surface area (Å²) in [6.07, 6.45) is -3.14. The van der Waals surface area contributed by atoms with Crippen molar-refractivity contribution < 1.29 is 27.6 Å².